The molecule has 9 nitrogen and oxygen atoms in total. The van der Waals surface area contributed by atoms with Crippen molar-refractivity contribution in [2.45, 2.75) is 18.8 Å². The van der Waals surface area contributed by atoms with Gasteiger partial charge in [0.1, 0.15) is 11.3 Å². The molecule has 1 aromatic carbocycles. The first-order chi connectivity index (χ1) is 14.0. The summed E-state index contributed by atoms with van der Waals surface area (Å²) in [5.74, 6) is -0.365. The monoisotopic (exact) mass is 396 g/mol. The number of amides is 2. The van der Waals surface area contributed by atoms with Crippen molar-refractivity contribution in [1.29, 1.82) is 0 Å². The molecule has 0 spiro atoms. The number of H-pyrrole nitrogens is 1. The molecule has 2 aromatic heterocycles. The summed E-state index contributed by atoms with van der Waals surface area (Å²) in [5.41, 5.74) is 5.89. The molecule has 4 rings (SSSR count). The van der Waals surface area contributed by atoms with Gasteiger partial charge in [-0.25, -0.2) is 4.79 Å². The molecule has 2 amide bonds. The highest BCUT2D eigenvalue weighted by Gasteiger charge is 2.28. The number of rotatable bonds is 4. The summed E-state index contributed by atoms with van der Waals surface area (Å²) < 4.78 is 10.6. The molecule has 150 valence electrons. The van der Waals surface area contributed by atoms with E-state index in [2.05, 4.69) is 10.2 Å². The van der Waals surface area contributed by atoms with E-state index in [4.69, 9.17) is 14.9 Å². The van der Waals surface area contributed by atoms with Gasteiger partial charge in [0.25, 0.3) is 11.8 Å². The van der Waals surface area contributed by atoms with E-state index in [-0.39, 0.29) is 23.1 Å². The first-order valence-electron chi connectivity index (χ1n) is 9.23. The maximum atomic E-state index is 12.9. The number of para-hydroxylation sites is 1. The van der Waals surface area contributed by atoms with Crippen LogP contribution in [0.1, 0.15) is 45.3 Å². The van der Waals surface area contributed by atoms with Crippen molar-refractivity contribution < 1.29 is 18.7 Å². The highest BCUT2D eigenvalue weighted by molar-refractivity contribution is 5.97. The highest BCUT2D eigenvalue weighted by Crippen LogP contribution is 2.28. The van der Waals surface area contributed by atoms with Crippen LogP contribution in [0.25, 0.3) is 11.0 Å². The number of aromatic amines is 1. The molecule has 29 heavy (non-hydrogen) atoms. The fourth-order valence-corrected chi connectivity index (χ4v) is 3.66. The summed E-state index contributed by atoms with van der Waals surface area (Å²) in [4.78, 5) is 38.2. The second-order valence-electron chi connectivity index (χ2n) is 6.97. The molecule has 3 N–H and O–H groups in total. The van der Waals surface area contributed by atoms with E-state index in [1.807, 2.05) is 0 Å². The number of carbonyl (C=O) groups excluding carboxylic acids is 2. The van der Waals surface area contributed by atoms with Crippen LogP contribution in [-0.4, -0.2) is 47.1 Å². The summed E-state index contributed by atoms with van der Waals surface area (Å²) in [5, 5.41) is 7.37. The van der Waals surface area contributed by atoms with E-state index < -0.39 is 11.5 Å². The fraction of sp³-hybridized carbons (Fsp3) is 0.300. The number of fused-ring (bicyclic) bond motifs is 1. The quantitative estimate of drug-likeness (QED) is 0.645. The summed E-state index contributed by atoms with van der Waals surface area (Å²) in [6, 6.07) is 8.42. The number of hydrogen-bond acceptors (Lipinski definition) is 6. The van der Waals surface area contributed by atoms with Crippen molar-refractivity contribution in [2.24, 2.45) is 5.73 Å². The lowest BCUT2D eigenvalue weighted by molar-refractivity contribution is 0.0707. The molecular formula is C20H20N4O5. The van der Waals surface area contributed by atoms with Gasteiger partial charge >= 0.3 is 5.63 Å². The SMILES string of the molecule is COc1cccc2cc(C(=O)N3CCC(c4cc(C(N)=O)n[nH]4)CC3)c(=O)oc12. The molecule has 1 saturated heterocycles. The van der Waals surface area contributed by atoms with Crippen molar-refractivity contribution in [2.75, 3.05) is 20.2 Å². The highest BCUT2D eigenvalue weighted by atomic mass is 16.5. The molecule has 0 unspecified atom stereocenters. The predicted molar refractivity (Wildman–Crippen MR) is 104 cm³/mol. The topological polar surface area (TPSA) is 132 Å². The van der Waals surface area contributed by atoms with Gasteiger partial charge in [-0.2, -0.15) is 5.10 Å². The van der Waals surface area contributed by atoms with Crippen LogP contribution in [0.2, 0.25) is 0 Å². The van der Waals surface area contributed by atoms with Gasteiger partial charge in [0.05, 0.1) is 7.11 Å². The average Bonchev–Trinajstić information content (AvgIpc) is 3.23. The molecule has 0 atom stereocenters. The number of likely N-dealkylation sites (tertiary alicyclic amines) is 1. The molecule has 1 aliphatic heterocycles. The maximum absolute atomic E-state index is 12.9. The number of primary amides is 1. The van der Waals surface area contributed by atoms with Gasteiger partial charge in [-0.3, -0.25) is 14.7 Å². The number of nitrogens with two attached hydrogens (primary N) is 1. The lowest BCUT2D eigenvalue weighted by atomic mass is 9.93. The zero-order chi connectivity index (χ0) is 20.5. The molecule has 3 aromatic rings. The largest absolute Gasteiger partial charge is 0.493 e. The second kappa shape index (κ2) is 7.42. The van der Waals surface area contributed by atoms with Crippen molar-refractivity contribution in [3.8, 4) is 5.75 Å². The Morgan fingerprint density at radius 1 is 1.28 bits per heavy atom. The van der Waals surface area contributed by atoms with Gasteiger partial charge in [0.2, 0.25) is 0 Å². The van der Waals surface area contributed by atoms with Gasteiger partial charge in [0, 0.05) is 30.1 Å². The van der Waals surface area contributed by atoms with Crippen molar-refractivity contribution in [1.82, 2.24) is 15.1 Å². The first kappa shape index (κ1) is 18.7. The fourth-order valence-electron chi connectivity index (χ4n) is 3.66. The molecule has 0 saturated carbocycles. The van der Waals surface area contributed by atoms with E-state index in [0.29, 0.717) is 42.6 Å². The molecule has 0 aliphatic carbocycles. The van der Waals surface area contributed by atoms with Crippen LogP contribution in [0.4, 0.5) is 0 Å². The van der Waals surface area contributed by atoms with Crippen molar-refractivity contribution >= 4 is 22.8 Å². The Morgan fingerprint density at radius 2 is 2.03 bits per heavy atom. The van der Waals surface area contributed by atoms with Crippen LogP contribution in [-0.2, 0) is 0 Å². The Balaban J connectivity index is 1.51. The Bertz CT molecular complexity index is 1140. The number of carbonyl (C=O) groups is 2. The summed E-state index contributed by atoms with van der Waals surface area (Å²) >= 11 is 0. The van der Waals surface area contributed by atoms with Gasteiger partial charge in [0.15, 0.2) is 11.3 Å². The number of nitrogens with zero attached hydrogens (tertiary/aromatic N) is 2. The van der Waals surface area contributed by atoms with Gasteiger partial charge in [-0.1, -0.05) is 12.1 Å². The zero-order valence-corrected chi connectivity index (χ0v) is 15.8. The van der Waals surface area contributed by atoms with Gasteiger partial charge in [-0.15, -0.1) is 0 Å². The van der Waals surface area contributed by atoms with Crippen LogP contribution in [0.3, 0.4) is 0 Å². The van der Waals surface area contributed by atoms with Crippen LogP contribution in [0.5, 0.6) is 5.75 Å². The smallest absolute Gasteiger partial charge is 0.349 e. The van der Waals surface area contributed by atoms with E-state index in [0.717, 1.165) is 5.69 Å². The number of benzene rings is 1. The van der Waals surface area contributed by atoms with E-state index >= 15 is 0 Å². The number of methoxy groups -OCH3 is 1. The van der Waals surface area contributed by atoms with Gasteiger partial charge < -0.3 is 19.8 Å². The number of piperidine rings is 1. The molecule has 9 heteroatoms. The molecule has 1 aliphatic rings. The van der Waals surface area contributed by atoms with Crippen LogP contribution < -0.4 is 16.1 Å². The Kier molecular flexibility index (Phi) is 4.79. The number of nitrogens with one attached hydrogen (secondary N) is 1. The van der Waals surface area contributed by atoms with Crippen LogP contribution >= 0.6 is 0 Å². The third kappa shape index (κ3) is 3.46. The molecular weight excluding hydrogens is 376 g/mol. The molecule has 1 fully saturated rings. The number of hydrogen-bond donors (Lipinski definition) is 2. The lowest BCUT2D eigenvalue weighted by Crippen LogP contribution is -2.39. The third-order valence-electron chi connectivity index (χ3n) is 5.25. The van der Waals surface area contributed by atoms with Crippen LogP contribution in [0, 0.1) is 0 Å². The minimum absolute atomic E-state index is 0.00163. The second-order valence-corrected chi connectivity index (χ2v) is 6.97. The summed E-state index contributed by atoms with van der Waals surface area (Å²) in [6.07, 6.45) is 1.36. The van der Waals surface area contributed by atoms with E-state index in [1.54, 1.807) is 35.2 Å². The lowest BCUT2D eigenvalue weighted by Gasteiger charge is -2.31. The minimum atomic E-state index is -0.686. The number of ether oxygens (including phenoxy) is 1. The minimum Gasteiger partial charge on any atom is -0.493 e. The normalized spacial score (nSPS) is 14.9. The Morgan fingerprint density at radius 3 is 2.69 bits per heavy atom. The van der Waals surface area contributed by atoms with E-state index in [1.165, 1.54) is 7.11 Å². The number of aromatic nitrogens is 2. The van der Waals surface area contributed by atoms with Crippen LogP contribution in [0.15, 0.2) is 39.5 Å². The Hall–Kier alpha value is -3.62. The standard InChI is InChI=1S/C20H20N4O5/c1-28-16-4-2-3-12-9-13(20(27)29-17(12)16)19(26)24-7-5-11(6-8-24)14-10-15(18(21)25)23-22-14/h2-4,9-11H,5-8H2,1H3,(H2,21,25)(H,22,23). The Labute approximate surface area is 165 Å². The predicted octanol–water partition coefficient (Wildman–Crippen LogP) is 1.64. The summed E-state index contributed by atoms with van der Waals surface area (Å²) in [7, 11) is 1.49. The molecule has 3 heterocycles. The molecule has 0 radical (unpaired) electrons. The first-order valence-corrected chi connectivity index (χ1v) is 9.23. The average molecular weight is 396 g/mol. The molecule has 0 bridgehead atoms. The maximum Gasteiger partial charge on any atom is 0.349 e. The van der Waals surface area contributed by atoms with Gasteiger partial charge in [-0.05, 0) is 31.0 Å². The van der Waals surface area contributed by atoms with E-state index in [9.17, 15) is 14.4 Å². The van der Waals surface area contributed by atoms with Crippen molar-refractivity contribution in [3.63, 3.8) is 0 Å². The zero-order valence-electron chi connectivity index (χ0n) is 15.8. The third-order valence-corrected chi connectivity index (χ3v) is 5.25. The van der Waals surface area contributed by atoms with Crippen molar-refractivity contribution in [3.05, 3.63) is 57.7 Å². The summed E-state index contributed by atoms with van der Waals surface area (Å²) in [6.45, 7) is 0.952.